The summed E-state index contributed by atoms with van der Waals surface area (Å²) in [7, 11) is -3.88. The van der Waals surface area contributed by atoms with Crippen LogP contribution in [-0.2, 0) is 9.84 Å². The van der Waals surface area contributed by atoms with E-state index < -0.39 is 21.9 Å². The largest absolute Gasteiger partial charge is 0.327 e. The zero-order chi connectivity index (χ0) is 9.90. The van der Waals surface area contributed by atoms with Crippen molar-refractivity contribution < 1.29 is 12.8 Å². The highest BCUT2D eigenvalue weighted by molar-refractivity contribution is 7.92. The van der Waals surface area contributed by atoms with Gasteiger partial charge in [0.1, 0.15) is 0 Å². The molecule has 1 aromatic rings. The standard InChI is InChI=1S/C8H10FNO2S/c9-8(6-10)13(11,12)7-4-2-1-3-5-7/h1-5,8H,6,10H2. The molecule has 1 rings (SSSR count). The van der Waals surface area contributed by atoms with Crippen LogP contribution in [0, 0.1) is 0 Å². The summed E-state index contributed by atoms with van der Waals surface area (Å²) >= 11 is 0. The second-order valence-electron chi connectivity index (χ2n) is 2.50. The van der Waals surface area contributed by atoms with Gasteiger partial charge in [0.15, 0.2) is 0 Å². The Kier molecular flexibility index (Phi) is 3.00. The number of nitrogens with two attached hydrogens (primary N) is 1. The lowest BCUT2D eigenvalue weighted by Gasteiger charge is -2.06. The number of hydrogen-bond donors (Lipinski definition) is 1. The quantitative estimate of drug-likeness (QED) is 0.787. The third-order valence-electron chi connectivity index (χ3n) is 1.59. The first-order valence-electron chi connectivity index (χ1n) is 3.72. The van der Waals surface area contributed by atoms with Gasteiger partial charge in [-0.15, -0.1) is 0 Å². The van der Waals surface area contributed by atoms with Crippen LogP contribution in [-0.4, -0.2) is 20.5 Å². The van der Waals surface area contributed by atoms with E-state index in [-0.39, 0.29) is 4.90 Å². The molecule has 0 saturated carbocycles. The maximum Gasteiger partial charge on any atom is 0.217 e. The van der Waals surface area contributed by atoms with Gasteiger partial charge in [0.05, 0.1) is 4.90 Å². The topological polar surface area (TPSA) is 60.2 Å². The highest BCUT2D eigenvalue weighted by Gasteiger charge is 2.24. The molecule has 2 N–H and O–H groups in total. The first-order chi connectivity index (χ1) is 6.09. The Morgan fingerprint density at radius 1 is 1.31 bits per heavy atom. The van der Waals surface area contributed by atoms with Crippen LogP contribution in [0.25, 0.3) is 0 Å². The van der Waals surface area contributed by atoms with Crippen LogP contribution >= 0.6 is 0 Å². The molecule has 72 valence electrons. The van der Waals surface area contributed by atoms with Crippen LogP contribution in [0.1, 0.15) is 0 Å². The van der Waals surface area contributed by atoms with Gasteiger partial charge in [-0.1, -0.05) is 18.2 Å². The Balaban J connectivity index is 3.09. The van der Waals surface area contributed by atoms with Crippen LogP contribution in [0.15, 0.2) is 35.2 Å². The van der Waals surface area contributed by atoms with Gasteiger partial charge in [0, 0.05) is 6.54 Å². The van der Waals surface area contributed by atoms with Crippen molar-refractivity contribution in [2.45, 2.75) is 10.4 Å². The molecule has 13 heavy (non-hydrogen) atoms. The number of hydrogen-bond acceptors (Lipinski definition) is 3. The number of benzene rings is 1. The zero-order valence-electron chi connectivity index (χ0n) is 6.85. The highest BCUT2D eigenvalue weighted by atomic mass is 32.2. The zero-order valence-corrected chi connectivity index (χ0v) is 7.67. The lowest BCUT2D eigenvalue weighted by atomic mass is 10.4. The molecule has 0 amide bonds. The third-order valence-corrected chi connectivity index (χ3v) is 3.39. The monoisotopic (exact) mass is 203 g/mol. The molecule has 0 spiro atoms. The van der Waals surface area contributed by atoms with E-state index in [0.29, 0.717) is 0 Å². The van der Waals surface area contributed by atoms with Crippen molar-refractivity contribution in [1.29, 1.82) is 0 Å². The van der Waals surface area contributed by atoms with Crippen molar-refractivity contribution in [3.05, 3.63) is 30.3 Å². The van der Waals surface area contributed by atoms with Crippen molar-refractivity contribution in [3.63, 3.8) is 0 Å². The Bertz CT molecular complexity index is 363. The van der Waals surface area contributed by atoms with Crippen LogP contribution in [0.3, 0.4) is 0 Å². The molecule has 0 heterocycles. The summed E-state index contributed by atoms with van der Waals surface area (Å²) in [4.78, 5) is -0.0343. The lowest BCUT2D eigenvalue weighted by Crippen LogP contribution is -2.25. The van der Waals surface area contributed by atoms with Crippen molar-refractivity contribution in [3.8, 4) is 0 Å². The summed E-state index contributed by atoms with van der Waals surface area (Å²) < 4.78 is 35.5. The van der Waals surface area contributed by atoms with Crippen molar-refractivity contribution in [2.75, 3.05) is 6.54 Å². The van der Waals surface area contributed by atoms with E-state index in [9.17, 15) is 12.8 Å². The minimum Gasteiger partial charge on any atom is -0.327 e. The lowest BCUT2D eigenvalue weighted by molar-refractivity contribution is 0.425. The summed E-state index contributed by atoms with van der Waals surface area (Å²) in [6.07, 6.45) is 0. The van der Waals surface area contributed by atoms with E-state index >= 15 is 0 Å². The summed E-state index contributed by atoms with van der Waals surface area (Å²) in [5, 5.41) is 0. The fourth-order valence-electron chi connectivity index (χ4n) is 0.885. The van der Waals surface area contributed by atoms with Crippen molar-refractivity contribution >= 4 is 9.84 Å². The number of sulfone groups is 1. The van der Waals surface area contributed by atoms with Gasteiger partial charge in [-0.3, -0.25) is 0 Å². The molecule has 0 aromatic heterocycles. The van der Waals surface area contributed by atoms with Gasteiger partial charge in [0.25, 0.3) is 0 Å². The van der Waals surface area contributed by atoms with Gasteiger partial charge < -0.3 is 5.73 Å². The molecule has 3 nitrogen and oxygen atoms in total. The predicted molar refractivity (Wildman–Crippen MR) is 47.6 cm³/mol. The molecular formula is C8H10FNO2S. The smallest absolute Gasteiger partial charge is 0.217 e. The first-order valence-corrected chi connectivity index (χ1v) is 5.26. The molecule has 1 aromatic carbocycles. The normalized spacial score (nSPS) is 14.0. The molecule has 1 atom stereocenters. The highest BCUT2D eigenvalue weighted by Crippen LogP contribution is 2.15. The summed E-state index contributed by atoms with van der Waals surface area (Å²) in [6, 6.07) is 7.43. The molecular weight excluding hydrogens is 193 g/mol. The minimum absolute atomic E-state index is 0.0343. The Morgan fingerprint density at radius 3 is 2.31 bits per heavy atom. The molecule has 0 bridgehead atoms. The molecule has 0 fully saturated rings. The summed E-state index contributed by atoms with van der Waals surface area (Å²) in [5.74, 6) is 0. The van der Waals surface area contributed by atoms with E-state index in [1.807, 2.05) is 0 Å². The van der Waals surface area contributed by atoms with Gasteiger partial charge in [-0.2, -0.15) is 0 Å². The molecule has 0 aliphatic carbocycles. The fraction of sp³-hybridized carbons (Fsp3) is 0.250. The van der Waals surface area contributed by atoms with Crippen LogP contribution in [0.2, 0.25) is 0 Å². The second kappa shape index (κ2) is 3.85. The van der Waals surface area contributed by atoms with Crippen LogP contribution in [0.5, 0.6) is 0 Å². The van der Waals surface area contributed by atoms with Crippen LogP contribution < -0.4 is 5.73 Å². The molecule has 0 radical (unpaired) electrons. The summed E-state index contributed by atoms with van der Waals surface area (Å²) in [6.45, 7) is -0.517. The van der Waals surface area contributed by atoms with Gasteiger partial charge in [-0.25, -0.2) is 12.8 Å². The van der Waals surface area contributed by atoms with E-state index in [0.717, 1.165) is 0 Å². The summed E-state index contributed by atoms with van der Waals surface area (Å²) in [5.41, 5.74) is 2.92. The SMILES string of the molecule is NCC(F)S(=O)(=O)c1ccccc1. The maximum atomic E-state index is 12.9. The molecule has 5 heteroatoms. The minimum atomic E-state index is -3.88. The molecule has 0 saturated heterocycles. The number of halogens is 1. The third kappa shape index (κ3) is 2.05. The van der Waals surface area contributed by atoms with E-state index in [1.165, 1.54) is 24.3 Å². The Morgan fingerprint density at radius 2 is 1.85 bits per heavy atom. The average Bonchev–Trinajstić information content (AvgIpc) is 2.18. The molecule has 1 unspecified atom stereocenters. The van der Waals surface area contributed by atoms with Gasteiger partial charge in [0.2, 0.25) is 15.3 Å². The van der Waals surface area contributed by atoms with Crippen LogP contribution in [0.4, 0.5) is 4.39 Å². The molecule has 0 aliphatic heterocycles. The number of alkyl halides is 1. The Hall–Kier alpha value is -0.940. The number of rotatable bonds is 3. The second-order valence-corrected chi connectivity index (χ2v) is 4.58. The van der Waals surface area contributed by atoms with Gasteiger partial charge in [-0.05, 0) is 12.1 Å². The molecule has 0 aliphatic rings. The van der Waals surface area contributed by atoms with E-state index in [4.69, 9.17) is 5.73 Å². The average molecular weight is 203 g/mol. The first kappa shape index (κ1) is 10.1. The Labute approximate surface area is 76.3 Å². The van der Waals surface area contributed by atoms with E-state index in [2.05, 4.69) is 0 Å². The fourth-order valence-corrected chi connectivity index (χ4v) is 1.97. The van der Waals surface area contributed by atoms with Gasteiger partial charge >= 0.3 is 0 Å². The van der Waals surface area contributed by atoms with E-state index in [1.54, 1.807) is 6.07 Å². The van der Waals surface area contributed by atoms with Crippen molar-refractivity contribution in [1.82, 2.24) is 0 Å². The van der Waals surface area contributed by atoms with Crippen molar-refractivity contribution in [2.24, 2.45) is 5.73 Å². The predicted octanol–water partition coefficient (Wildman–Crippen LogP) is 0.715. The maximum absolute atomic E-state index is 12.9.